The summed E-state index contributed by atoms with van der Waals surface area (Å²) in [4.78, 5) is 7.24. The maximum Gasteiger partial charge on any atom is 0.273 e. The van der Waals surface area contributed by atoms with Crippen LogP contribution < -0.4 is 9.46 Å². The third-order valence-corrected chi connectivity index (χ3v) is 4.62. The maximum absolute atomic E-state index is 9.04. The quantitative estimate of drug-likeness (QED) is 0.720. The molecule has 7 heteroatoms. The number of para-hydroxylation sites is 1. The average molecular weight is 302 g/mol. The molecule has 0 bridgehead atoms. The van der Waals surface area contributed by atoms with E-state index in [4.69, 9.17) is 10.00 Å². The van der Waals surface area contributed by atoms with Crippen LogP contribution in [0.5, 0.6) is 5.19 Å². The highest BCUT2D eigenvalue weighted by Gasteiger charge is 2.08. The molecule has 3 aromatic rings. The van der Waals surface area contributed by atoms with Gasteiger partial charge in [-0.15, -0.1) is 0 Å². The highest BCUT2D eigenvalue weighted by Crippen LogP contribution is 2.32. The molecule has 0 radical (unpaired) electrons. The summed E-state index contributed by atoms with van der Waals surface area (Å²) in [6, 6.07) is 7.99. The number of nitrogens with zero attached hydrogens (tertiary/aromatic N) is 2. The van der Waals surface area contributed by atoms with Gasteiger partial charge in [-0.05, 0) is 18.0 Å². The number of anilines is 1. The SMILES string of the molecule is COc1ncc(SNc2cccc3c(C#N)c[nH]c23)s1. The Bertz CT molecular complexity index is 787. The standard InChI is InChI=1S/C13H10N4OS2/c1-18-13-16-7-11(19-13)20-17-10-4-2-3-9-8(5-14)6-15-12(9)10/h2-4,6-7,15,17H,1H3. The number of rotatable bonds is 4. The first-order valence-electron chi connectivity index (χ1n) is 5.74. The number of fused-ring (bicyclic) bond motifs is 1. The Balaban J connectivity index is 1.84. The molecule has 0 fully saturated rings. The van der Waals surface area contributed by atoms with Crippen LogP contribution in [-0.2, 0) is 0 Å². The third kappa shape index (κ3) is 2.31. The first-order chi connectivity index (χ1) is 9.81. The van der Waals surface area contributed by atoms with Crippen LogP contribution >= 0.6 is 23.3 Å². The number of methoxy groups -OCH3 is 1. The van der Waals surface area contributed by atoms with Gasteiger partial charge in [-0.25, -0.2) is 4.98 Å². The molecule has 0 spiro atoms. The second-order valence-corrected chi connectivity index (χ2v) is 6.00. The molecule has 0 aliphatic carbocycles. The average Bonchev–Trinajstić information content (AvgIpc) is 3.11. The van der Waals surface area contributed by atoms with Gasteiger partial charge in [-0.3, -0.25) is 0 Å². The Morgan fingerprint density at radius 2 is 2.40 bits per heavy atom. The largest absolute Gasteiger partial charge is 0.473 e. The molecule has 2 N–H and O–H groups in total. The number of benzene rings is 1. The van der Waals surface area contributed by atoms with E-state index in [1.54, 1.807) is 19.5 Å². The van der Waals surface area contributed by atoms with Crippen molar-refractivity contribution in [3.05, 3.63) is 36.2 Å². The number of thiazole rings is 1. The number of nitrogens with one attached hydrogen (secondary N) is 2. The summed E-state index contributed by atoms with van der Waals surface area (Å²) in [5, 5.41) is 10.6. The van der Waals surface area contributed by atoms with Gasteiger partial charge in [0.25, 0.3) is 5.19 Å². The summed E-state index contributed by atoms with van der Waals surface area (Å²) in [6.45, 7) is 0. The number of ether oxygens (including phenoxy) is 1. The highest BCUT2D eigenvalue weighted by molar-refractivity contribution is 8.02. The Morgan fingerprint density at radius 1 is 1.50 bits per heavy atom. The predicted molar refractivity (Wildman–Crippen MR) is 81.2 cm³/mol. The molecule has 0 amide bonds. The molecule has 1 aromatic carbocycles. The van der Waals surface area contributed by atoms with Gasteiger partial charge in [-0.2, -0.15) is 5.26 Å². The summed E-state index contributed by atoms with van der Waals surface area (Å²) in [5.41, 5.74) is 2.50. The lowest BCUT2D eigenvalue weighted by molar-refractivity contribution is 0.412. The zero-order chi connectivity index (χ0) is 13.9. The number of nitriles is 1. The highest BCUT2D eigenvalue weighted by atomic mass is 32.2. The Morgan fingerprint density at radius 3 is 3.15 bits per heavy atom. The number of aromatic amines is 1. The molecule has 2 heterocycles. The van der Waals surface area contributed by atoms with Crippen LogP contribution in [0, 0.1) is 11.3 Å². The van der Waals surface area contributed by atoms with Gasteiger partial charge in [0.2, 0.25) is 0 Å². The number of hydrogen-bond acceptors (Lipinski definition) is 6. The van der Waals surface area contributed by atoms with E-state index in [0.29, 0.717) is 10.8 Å². The summed E-state index contributed by atoms with van der Waals surface area (Å²) < 4.78 is 9.33. The van der Waals surface area contributed by atoms with Crippen LogP contribution in [0.4, 0.5) is 5.69 Å². The van der Waals surface area contributed by atoms with E-state index in [2.05, 4.69) is 20.8 Å². The normalized spacial score (nSPS) is 10.4. The van der Waals surface area contributed by atoms with Crippen LogP contribution in [0.25, 0.3) is 10.9 Å². The predicted octanol–water partition coefficient (Wildman–Crippen LogP) is 3.62. The monoisotopic (exact) mass is 302 g/mol. The number of hydrogen-bond donors (Lipinski definition) is 2. The number of H-pyrrole nitrogens is 1. The first-order valence-corrected chi connectivity index (χ1v) is 7.38. The molecule has 0 saturated carbocycles. The van der Waals surface area contributed by atoms with Gasteiger partial charge in [0.15, 0.2) is 0 Å². The van der Waals surface area contributed by atoms with Gasteiger partial charge in [0, 0.05) is 11.6 Å². The number of aromatic nitrogens is 2. The van der Waals surface area contributed by atoms with Crippen molar-refractivity contribution >= 4 is 39.9 Å². The molecule has 3 rings (SSSR count). The lowest BCUT2D eigenvalue weighted by Crippen LogP contribution is -1.86. The van der Waals surface area contributed by atoms with Crippen LogP contribution in [0.3, 0.4) is 0 Å². The van der Waals surface area contributed by atoms with E-state index in [9.17, 15) is 0 Å². The van der Waals surface area contributed by atoms with E-state index in [1.165, 1.54) is 23.3 Å². The van der Waals surface area contributed by atoms with Crippen molar-refractivity contribution in [2.75, 3.05) is 11.8 Å². The zero-order valence-electron chi connectivity index (χ0n) is 10.5. The second kappa shape index (κ2) is 5.45. The molecule has 2 aromatic heterocycles. The van der Waals surface area contributed by atoms with Crippen molar-refractivity contribution in [3.63, 3.8) is 0 Å². The van der Waals surface area contributed by atoms with Crippen molar-refractivity contribution in [2.45, 2.75) is 4.21 Å². The molecule has 0 aliphatic rings. The summed E-state index contributed by atoms with van der Waals surface area (Å²) in [5.74, 6) is 0. The Labute approximate surface area is 123 Å². The summed E-state index contributed by atoms with van der Waals surface area (Å²) in [6.07, 6.45) is 3.48. The van der Waals surface area contributed by atoms with Crippen LogP contribution in [0.15, 0.2) is 34.8 Å². The topological polar surface area (TPSA) is 73.7 Å². The third-order valence-electron chi connectivity index (χ3n) is 2.74. The van der Waals surface area contributed by atoms with Gasteiger partial charge in [0.1, 0.15) is 10.3 Å². The molecule has 100 valence electrons. The van der Waals surface area contributed by atoms with Gasteiger partial charge in [0.05, 0.1) is 30.1 Å². The van der Waals surface area contributed by atoms with Crippen molar-refractivity contribution < 1.29 is 4.74 Å². The van der Waals surface area contributed by atoms with Crippen LogP contribution in [0.2, 0.25) is 0 Å². The first kappa shape index (κ1) is 12.8. The maximum atomic E-state index is 9.04. The minimum absolute atomic E-state index is 0.638. The fourth-order valence-electron chi connectivity index (χ4n) is 1.82. The Hall–Kier alpha value is -2.17. The van der Waals surface area contributed by atoms with E-state index >= 15 is 0 Å². The van der Waals surface area contributed by atoms with E-state index in [1.807, 2.05) is 18.2 Å². The minimum Gasteiger partial charge on any atom is -0.473 e. The summed E-state index contributed by atoms with van der Waals surface area (Å²) >= 11 is 2.94. The molecule has 0 atom stereocenters. The molecule has 5 nitrogen and oxygen atoms in total. The fraction of sp³-hybridized carbons (Fsp3) is 0.0769. The molecule has 20 heavy (non-hydrogen) atoms. The van der Waals surface area contributed by atoms with Crippen LogP contribution in [0.1, 0.15) is 5.56 Å². The van der Waals surface area contributed by atoms with Crippen molar-refractivity contribution in [1.82, 2.24) is 9.97 Å². The van der Waals surface area contributed by atoms with Gasteiger partial charge >= 0.3 is 0 Å². The second-order valence-electron chi connectivity index (χ2n) is 3.90. The molecular formula is C13H10N4OS2. The van der Waals surface area contributed by atoms with Crippen LogP contribution in [-0.4, -0.2) is 17.1 Å². The van der Waals surface area contributed by atoms with E-state index in [0.717, 1.165) is 20.8 Å². The zero-order valence-corrected chi connectivity index (χ0v) is 12.1. The fourth-order valence-corrected chi connectivity index (χ4v) is 3.28. The Kier molecular flexibility index (Phi) is 3.50. The van der Waals surface area contributed by atoms with Gasteiger partial charge in [-0.1, -0.05) is 23.5 Å². The van der Waals surface area contributed by atoms with E-state index < -0.39 is 0 Å². The molecule has 0 saturated heterocycles. The lowest BCUT2D eigenvalue weighted by Gasteiger charge is -2.04. The molecule has 0 unspecified atom stereocenters. The minimum atomic E-state index is 0.638. The van der Waals surface area contributed by atoms with Gasteiger partial charge < -0.3 is 14.4 Å². The molecular weight excluding hydrogens is 292 g/mol. The summed E-state index contributed by atoms with van der Waals surface area (Å²) in [7, 11) is 1.60. The molecule has 0 aliphatic heterocycles. The lowest BCUT2D eigenvalue weighted by atomic mass is 10.2. The van der Waals surface area contributed by atoms with Crippen molar-refractivity contribution in [3.8, 4) is 11.3 Å². The smallest absolute Gasteiger partial charge is 0.273 e. The van der Waals surface area contributed by atoms with E-state index in [-0.39, 0.29) is 0 Å². The van der Waals surface area contributed by atoms with Crippen molar-refractivity contribution in [2.24, 2.45) is 0 Å². The van der Waals surface area contributed by atoms with Crippen molar-refractivity contribution in [1.29, 1.82) is 5.26 Å².